The van der Waals surface area contributed by atoms with E-state index in [2.05, 4.69) is 22.6 Å². The van der Waals surface area contributed by atoms with Crippen molar-refractivity contribution in [3.63, 3.8) is 0 Å². The Morgan fingerprint density at radius 2 is 2.40 bits per heavy atom. The molecule has 0 aliphatic heterocycles. The van der Waals surface area contributed by atoms with E-state index < -0.39 is 0 Å². The van der Waals surface area contributed by atoms with E-state index >= 15 is 0 Å². The maximum absolute atomic E-state index is 5.44. The van der Waals surface area contributed by atoms with E-state index in [1.807, 2.05) is 6.20 Å². The Morgan fingerprint density at radius 1 is 1.60 bits per heavy atom. The first-order valence-corrected chi connectivity index (χ1v) is 5.56. The highest BCUT2D eigenvalue weighted by Gasteiger charge is 2.30. The Morgan fingerprint density at radius 3 is 3.00 bits per heavy atom. The van der Waals surface area contributed by atoms with Crippen LogP contribution in [0.1, 0.15) is 31.9 Å². The molecule has 1 fully saturated rings. The van der Waals surface area contributed by atoms with Crippen molar-refractivity contribution < 1.29 is 0 Å². The van der Waals surface area contributed by atoms with Crippen LogP contribution in [-0.2, 0) is 13.1 Å². The number of hydrogen-bond acceptors (Lipinski definition) is 4. The molecule has 0 atom stereocenters. The van der Waals surface area contributed by atoms with Gasteiger partial charge in [0.05, 0.1) is 12.2 Å². The van der Waals surface area contributed by atoms with Gasteiger partial charge in [0.15, 0.2) is 0 Å². The van der Waals surface area contributed by atoms with E-state index in [1.165, 1.54) is 19.3 Å². The van der Waals surface area contributed by atoms with Crippen LogP contribution in [0.4, 0.5) is 0 Å². The lowest BCUT2D eigenvalue weighted by molar-refractivity contribution is 0.206. The van der Waals surface area contributed by atoms with Gasteiger partial charge in [0.1, 0.15) is 0 Å². The number of nitrogens with one attached hydrogen (secondary N) is 1. The quantitative estimate of drug-likeness (QED) is 0.730. The number of hydrogen-bond donors (Lipinski definition) is 2. The van der Waals surface area contributed by atoms with Gasteiger partial charge in [-0.25, -0.2) is 0 Å². The third-order valence-electron chi connectivity index (χ3n) is 3.10. The second-order valence-corrected chi connectivity index (χ2v) is 4.53. The van der Waals surface area contributed by atoms with Crippen molar-refractivity contribution in [1.82, 2.24) is 20.3 Å². The monoisotopic (exact) mass is 209 g/mol. The van der Waals surface area contributed by atoms with Crippen LogP contribution in [0.5, 0.6) is 0 Å². The molecule has 1 aliphatic carbocycles. The summed E-state index contributed by atoms with van der Waals surface area (Å²) in [7, 11) is 0. The normalized spacial score (nSPS) is 18.8. The van der Waals surface area contributed by atoms with E-state index in [0.29, 0.717) is 12.1 Å². The van der Waals surface area contributed by atoms with Crippen LogP contribution in [-0.4, -0.2) is 27.1 Å². The van der Waals surface area contributed by atoms with Crippen LogP contribution in [0.15, 0.2) is 6.20 Å². The first kappa shape index (κ1) is 10.6. The summed E-state index contributed by atoms with van der Waals surface area (Å²) in [6, 6.07) is 0. The second kappa shape index (κ2) is 4.28. The summed E-state index contributed by atoms with van der Waals surface area (Å²) in [6.07, 6.45) is 5.83. The summed E-state index contributed by atoms with van der Waals surface area (Å²) < 4.78 is 1.79. The van der Waals surface area contributed by atoms with Gasteiger partial charge in [-0.2, -0.15) is 0 Å². The number of nitrogens with two attached hydrogens (primary N) is 1. The van der Waals surface area contributed by atoms with Gasteiger partial charge in [0, 0.05) is 24.8 Å². The molecule has 0 amide bonds. The fourth-order valence-corrected chi connectivity index (χ4v) is 1.85. The predicted octanol–water partition coefficient (Wildman–Crippen LogP) is 0.269. The van der Waals surface area contributed by atoms with Gasteiger partial charge in [0.25, 0.3) is 0 Å². The molecule has 1 heterocycles. The average molecular weight is 209 g/mol. The molecule has 15 heavy (non-hydrogen) atoms. The number of nitrogens with zero attached hydrogens (tertiary/aromatic N) is 3. The summed E-state index contributed by atoms with van der Waals surface area (Å²) in [5.41, 5.74) is 6.77. The van der Waals surface area contributed by atoms with Crippen molar-refractivity contribution in [2.45, 2.75) is 44.8 Å². The zero-order valence-corrected chi connectivity index (χ0v) is 9.24. The SMILES string of the molecule is CC1(NCc2cn(CCN)nn2)CCC1. The summed E-state index contributed by atoms with van der Waals surface area (Å²) >= 11 is 0. The van der Waals surface area contributed by atoms with E-state index in [0.717, 1.165) is 18.8 Å². The van der Waals surface area contributed by atoms with Crippen molar-refractivity contribution in [1.29, 1.82) is 0 Å². The zero-order chi connectivity index (χ0) is 10.7. The Balaban J connectivity index is 1.82. The molecule has 1 aromatic heterocycles. The molecule has 0 saturated heterocycles. The van der Waals surface area contributed by atoms with Gasteiger partial charge in [-0.15, -0.1) is 5.10 Å². The largest absolute Gasteiger partial charge is 0.329 e. The van der Waals surface area contributed by atoms with Crippen LogP contribution in [0.3, 0.4) is 0 Å². The fraction of sp³-hybridized carbons (Fsp3) is 0.800. The number of aromatic nitrogens is 3. The van der Waals surface area contributed by atoms with Crippen LogP contribution in [0.2, 0.25) is 0 Å². The molecular weight excluding hydrogens is 190 g/mol. The third-order valence-corrected chi connectivity index (χ3v) is 3.10. The van der Waals surface area contributed by atoms with Gasteiger partial charge >= 0.3 is 0 Å². The summed E-state index contributed by atoms with van der Waals surface area (Å²) in [6.45, 7) is 4.42. The second-order valence-electron chi connectivity index (χ2n) is 4.53. The van der Waals surface area contributed by atoms with Crippen molar-refractivity contribution >= 4 is 0 Å². The maximum atomic E-state index is 5.44. The van der Waals surface area contributed by atoms with Crippen molar-refractivity contribution in [3.05, 3.63) is 11.9 Å². The topological polar surface area (TPSA) is 68.8 Å². The predicted molar refractivity (Wildman–Crippen MR) is 58.2 cm³/mol. The lowest BCUT2D eigenvalue weighted by Gasteiger charge is -2.39. The molecule has 5 heteroatoms. The lowest BCUT2D eigenvalue weighted by atomic mass is 9.78. The molecular formula is C10H19N5. The maximum Gasteiger partial charge on any atom is 0.0965 e. The third kappa shape index (κ3) is 2.54. The molecule has 1 aliphatic rings. The Kier molecular flexibility index (Phi) is 3.02. The van der Waals surface area contributed by atoms with Gasteiger partial charge in [-0.1, -0.05) is 5.21 Å². The molecule has 3 N–H and O–H groups in total. The Hall–Kier alpha value is -0.940. The summed E-state index contributed by atoms with van der Waals surface area (Å²) in [5.74, 6) is 0. The van der Waals surface area contributed by atoms with E-state index in [9.17, 15) is 0 Å². The van der Waals surface area contributed by atoms with Crippen molar-refractivity contribution in [3.8, 4) is 0 Å². The Bertz CT molecular complexity index is 315. The first-order valence-electron chi connectivity index (χ1n) is 5.56. The van der Waals surface area contributed by atoms with E-state index in [-0.39, 0.29) is 0 Å². The highest BCUT2D eigenvalue weighted by molar-refractivity contribution is 4.97. The molecule has 0 bridgehead atoms. The molecule has 0 radical (unpaired) electrons. The highest BCUT2D eigenvalue weighted by Crippen LogP contribution is 2.30. The highest BCUT2D eigenvalue weighted by atomic mass is 15.4. The summed E-state index contributed by atoms with van der Waals surface area (Å²) in [5, 5.41) is 11.6. The summed E-state index contributed by atoms with van der Waals surface area (Å²) in [4.78, 5) is 0. The fourth-order valence-electron chi connectivity index (χ4n) is 1.85. The molecule has 5 nitrogen and oxygen atoms in total. The molecule has 84 valence electrons. The van der Waals surface area contributed by atoms with Crippen LogP contribution in [0, 0.1) is 0 Å². The van der Waals surface area contributed by atoms with Gasteiger partial charge in [-0.05, 0) is 26.2 Å². The molecule has 2 rings (SSSR count). The number of rotatable bonds is 5. The zero-order valence-electron chi connectivity index (χ0n) is 9.24. The minimum absolute atomic E-state index is 0.331. The van der Waals surface area contributed by atoms with Crippen LogP contribution >= 0.6 is 0 Å². The lowest BCUT2D eigenvalue weighted by Crippen LogP contribution is -2.47. The van der Waals surface area contributed by atoms with Gasteiger partial charge < -0.3 is 11.1 Å². The van der Waals surface area contributed by atoms with Gasteiger partial charge in [0.2, 0.25) is 0 Å². The van der Waals surface area contributed by atoms with Crippen molar-refractivity contribution in [2.24, 2.45) is 5.73 Å². The molecule has 0 spiro atoms. The minimum Gasteiger partial charge on any atom is -0.329 e. The molecule has 1 saturated carbocycles. The van der Waals surface area contributed by atoms with Crippen LogP contribution < -0.4 is 11.1 Å². The minimum atomic E-state index is 0.331. The van der Waals surface area contributed by atoms with Gasteiger partial charge in [-0.3, -0.25) is 4.68 Å². The standard InChI is InChI=1S/C10H19N5/c1-10(3-2-4-10)12-7-9-8-15(6-5-11)14-13-9/h8,12H,2-7,11H2,1H3. The molecule has 0 aromatic carbocycles. The first-order chi connectivity index (χ1) is 7.22. The molecule has 0 unspecified atom stereocenters. The van der Waals surface area contributed by atoms with E-state index in [4.69, 9.17) is 5.73 Å². The Labute approximate surface area is 90.0 Å². The smallest absolute Gasteiger partial charge is 0.0965 e. The van der Waals surface area contributed by atoms with E-state index in [1.54, 1.807) is 4.68 Å². The molecule has 1 aromatic rings. The van der Waals surface area contributed by atoms with Crippen LogP contribution in [0.25, 0.3) is 0 Å². The van der Waals surface area contributed by atoms with Crippen molar-refractivity contribution in [2.75, 3.05) is 6.54 Å². The average Bonchev–Trinajstić information content (AvgIpc) is 2.60.